The smallest absolute Gasteiger partial charge is 0.260 e. The van der Waals surface area contributed by atoms with Crippen molar-refractivity contribution in [2.75, 3.05) is 26.8 Å². The zero-order valence-electron chi connectivity index (χ0n) is 13.2. The molecule has 2 aromatic rings. The van der Waals surface area contributed by atoms with Crippen LogP contribution in [0.4, 0.5) is 0 Å². The number of hydrogen-bond acceptors (Lipinski definition) is 6. The number of likely N-dealkylation sites (tertiary alicyclic amines) is 1. The minimum atomic E-state index is -0.0605. The average molecular weight is 317 g/mol. The lowest BCUT2D eigenvalue weighted by Gasteiger charge is -2.17. The highest BCUT2D eigenvalue weighted by Gasteiger charge is 2.31. The molecule has 0 aliphatic carbocycles. The van der Waals surface area contributed by atoms with E-state index >= 15 is 0 Å². The molecule has 1 fully saturated rings. The van der Waals surface area contributed by atoms with Crippen LogP contribution >= 0.6 is 0 Å². The summed E-state index contributed by atoms with van der Waals surface area (Å²) in [5, 5.41) is 3.80. The number of amides is 1. The first-order valence-electron chi connectivity index (χ1n) is 7.51. The Kier molecular flexibility index (Phi) is 4.45. The first-order valence-corrected chi connectivity index (χ1v) is 7.51. The molecule has 7 nitrogen and oxygen atoms in total. The van der Waals surface area contributed by atoms with Gasteiger partial charge in [-0.05, 0) is 25.5 Å². The van der Waals surface area contributed by atoms with Crippen molar-refractivity contribution < 1.29 is 18.8 Å². The molecule has 1 atom stereocenters. The fraction of sp³-hybridized carbons (Fsp3) is 0.438. The minimum absolute atomic E-state index is 0.0179. The van der Waals surface area contributed by atoms with E-state index in [0.717, 1.165) is 6.42 Å². The number of benzene rings is 1. The van der Waals surface area contributed by atoms with Crippen LogP contribution in [-0.2, 0) is 4.79 Å². The fourth-order valence-electron chi connectivity index (χ4n) is 2.64. The second-order valence-corrected chi connectivity index (χ2v) is 5.44. The minimum Gasteiger partial charge on any atom is -0.493 e. The number of nitrogens with zero attached hydrogens (tertiary/aromatic N) is 3. The largest absolute Gasteiger partial charge is 0.493 e. The number of hydrogen-bond donors (Lipinski definition) is 0. The van der Waals surface area contributed by atoms with Crippen LogP contribution in [0, 0.1) is 6.92 Å². The lowest BCUT2D eigenvalue weighted by atomic mass is 10.1. The van der Waals surface area contributed by atoms with Gasteiger partial charge in [-0.25, -0.2) is 0 Å². The van der Waals surface area contributed by atoms with Gasteiger partial charge in [0.15, 0.2) is 23.9 Å². The molecular weight excluding hydrogens is 298 g/mol. The summed E-state index contributed by atoms with van der Waals surface area (Å²) < 4.78 is 16.0. The molecule has 1 aliphatic rings. The molecule has 7 heteroatoms. The van der Waals surface area contributed by atoms with Crippen LogP contribution in [0.3, 0.4) is 0 Å². The third-order valence-electron chi connectivity index (χ3n) is 3.85. The van der Waals surface area contributed by atoms with Gasteiger partial charge in [0.2, 0.25) is 5.89 Å². The van der Waals surface area contributed by atoms with Gasteiger partial charge in [0.1, 0.15) is 0 Å². The monoisotopic (exact) mass is 317 g/mol. The van der Waals surface area contributed by atoms with Gasteiger partial charge in [-0.15, -0.1) is 0 Å². The average Bonchev–Trinajstić information content (AvgIpc) is 3.21. The topological polar surface area (TPSA) is 77.7 Å². The normalized spacial score (nSPS) is 17.3. The summed E-state index contributed by atoms with van der Waals surface area (Å²) in [5.41, 5.74) is 0. The maximum absolute atomic E-state index is 12.3. The third-order valence-corrected chi connectivity index (χ3v) is 3.85. The van der Waals surface area contributed by atoms with E-state index in [4.69, 9.17) is 14.0 Å². The zero-order valence-corrected chi connectivity index (χ0v) is 13.2. The summed E-state index contributed by atoms with van der Waals surface area (Å²) in [4.78, 5) is 18.3. The maximum atomic E-state index is 12.3. The van der Waals surface area contributed by atoms with E-state index in [-0.39, 0.29) is 18.4 Å². The summed E-state index contributed by atoms with van der Waals surface area (Å²) in [5.74, 6) is 2.43. The lowest BCUT2D eigenvalue weighted by molar-refractivity contribution is -0.132. The highest BCUT2D eigenvalue weighted by Crippen LogP contribution is 2.27. The molecule has 1 aromatic carbocycles. The Morgan fingerprint density at radius 3 is 2.87 bits per heavy atom. The van der Waals surface area contributed by atoms with Gasteiger partial charge in [-0.3, -0.25) is 4.79 Å². The van der Waals surface area contributed by atoms with E-state index < -0.39 is 0 Å². The molecule has 2 heterocycles. The van der Waals surface area contributed by atoms with Crippen molar-refractivity contribution in [3.8, 4) is 11.5 Å². The molecule has 1 aromatic heterocycles. The first-order chi connectivity index (χ1) is 11.2. The molecule has 0 radical (unpaired) electrons. The predicted molar refractivity (Wildman–Crippen MR) is 81.5 cm³/mol. The molecule has 0 bridgehead atoms. The first kappa shape index (κ1) is 15.3. The highest BCUT2D eigenvalue weighted by atomic mass is 16.5. The quantitative estimate of drug-likeness (QED) is 0.836. The van der Waals surface area contributed by atoms with Crippen LogP contribution in [0.1, 0.15) is 24.1 Å². The van der Waals surface area contributed by atoms with Gasteiger partial charge >= 0.3 is 0 Å². The zero-order chi connectivity index (χ0) is 16.2. The van der Waals surface area contributed by atoms with Crippen LogP contribution in [0.15, 0.2) is 28.8 Å². The summed E-state index contributed by atoms with van der Waals surface area (Å²) in [6.45, 7) is 3.01. The van der Waals surface area contributed by atoms with Crippen molar-refractivity contribution >= 4 is 5.91 Å². The standard InChI is InChI=1S/C16H19N3O4/c1-11-17-16(23-18-11)12-7-8-19(9-12)15(20)10-22-14-6-4-3-5-13(14)21-2/h3-6,12H,7-10H2,1-2H3. The van der Waals surface area contributed by atoms with E-state index in [0.29, 0.717) is 36.3 Å². The van der Waals surface area contributed by atoms with Gasteiger partial charge in [0.05, 0.1) is 13.0 Å². The number of aryl methyl sites for hydroxylation is 1. The van der Waals surface area contributed by atoms with E-state index in [1.165, 1.54) is 0 Å². The van der Waals surface area contributed by atoms with Gasteiger partial charge < -0.3 is 18.9 Å². The molecule has 1 aliphatic heterocycles. The molecule has 0 saturated carbocycles. The highest BCUT2D eigenvalue weighted by molar-refractivity contribution is 5.78. The van der Waals surface area contributed by atoms with E-state index in [9.17, 15) is 4.79 Å². The second-order valence-electron chi connectivity index (χ2n) is 5.44. The van der Waals surface area contributed by atoms with Crippen molar-refractivity contribution in [2.45, 2.75) is 19.3 Å². The number of rotatable bonds is 5. The number of carbonyl (C=O) groups is 1. The maximum Gasteiger partial charge on any atom is 0.260 e. The fourth-order valence-corrected chi connectivity index (χ4v) is 2.64. The Hall–Kier alpha value is -2.57. The van der Waals surface area contributed by atoms with E-state index in [1.54, 1.807) is 31.1 Å². The molecule has 0 spiro atoms. The second kappa shape index (κ2) is 6.68. The molecule has 122 valence electrons. The van der Waals surface area contributed by atoms with Gasteiger partial charge in [0, 0.05) is 13.1 Å². The van der Waals surface area contributed by atoms with Gasteiger partial charge in [0.25, 0.3) is 5.91 Å². The van der Waals surface area contributed by atoms with E-state index in [1.807, 2.05) is 12.1 Å². The lowest BCUT2D eigenvalue weighted by Crippen LogP contribution is -2.32. The van der Waals surface area contributed by atoms with Crippen molar-refractivity contribution in [1.82, 2.24) is 15.0 Å². The van der Waals surface area contributed by atoms with Crippen LogP contribution in [0.5, 0.6) is 11.5 Å². The number of carbonyl (C=O) groups excluding carboxylic acids is 1. The Bertz CT molecular complexity index is 685. The van der Waals surface area contributed by atoms with E-state index in [2.05, 4.69) is 10.1 Å². The number of para-hydroxylation sites is 2. The van der Waals surface area contributed by atoms with Crippen LogP contribution in [-0.4, -0.2) is 47.8 Å². The Balaban J connectivity index is 1.55. The molecular formula is C16H19N3O4. The Labute approximate surface area is 134 Å². The predicted octanol–water partition coefficient (Wildman–Crippen LogP) is 1.78. The molecule has 0 N–H and O–H groups in total. The van der Waals surface area contributed by atoms with Gasteiger partial charge in [-0.2, -0.15) is 4.98 Å². The van der Waals surface area contributed by atoms with Crippen LogP contribution < -0.4 is 9.47 Å². The summed E-state index contributed by atoms with van der Waals surface area (Å²) in [6, 6.07) is 7.26. The SMILES string of the molecule is COc1ccccc1OCC(=O)N1CCC(c2nc(C)no2)C1. The molecule has 1 amide bonds. The van der Waals surface area contributed by atoms with Crippen molar-refractivity contribution in [2.24, 2.45) is 0 Å². The number of ether oxygens (including phenoxy) is 2. The van der Waals surface area contributed by atoms with Crippen LogP contribution in [0.25, 0.3) is 0 Å². The van der Waals surface area contributed by atoms with Crippen molar-refractivity contribution in [3.63, 3.8) is 0 Å². The van der Waals surface area contributed by atoms with Crippen LogP contribution in [0.2, 0.25) is 0 Å². The molecule has 23 heavy (non-hydrogen) atoms. The Morgan fingerprint density at radius 1 is 1.39 bits per heavy atom. The van der Waals surface area contributed by atoms with Crippen molar-refractivity contribution in [3.05, 3.63) is 36.0 Å². The number of methoxy groups -OCH3 is 1. The Morgan fingerprint density at radius 2 is 2.17 bits per heavy atom. The summed E-state index contributed by atoms with van der Waals surface area (Å²) >= 11 is 0. The third kappa shape index (κ3) is 3.44. The molecule has 1 saturated heterocycles. The summed E-state index contributed by atoms with van der Waals surface area (Å²) in [6.07, 6.45) is 0.821. The van der Waals surface area contributed by atoms with Gasteiger partial charge in [-0.1, -0.05) is 17.3 Å². The summed E-state index contributed by atoms with van der Waals surface area (Å²) in [7, 11) is 1.57. The van der Waals surface area contributed by atoms with Crippen molar-refractivity contribution in [1.29, 1.82) is 0 Å². The molecule has 1 unspecified atom stereocenters. The number of aromatic nitrogens is 2. The molecule has 3 rings (SSSR count).